The Bertz CT molecular complexity index is 735. The quantitative estimate of drug-likeness (QED) is 0.944. The smallest absolute Gasteiger partial charge is 0.257 e. The van der Waals surface area contributed by atoms with Crippen molar-refractivity contribution in [2.45, 2.75) is 26.3 Å². The molecule has 3 rings (SSSR count). The molecule has 1 aliphatic heterocycles. The van der Waals surface area contributed by atoms with Gasteiger partial charge in [0.05, 0.1) is 18.5 Å². The Morgan fingerprint density at radius 3 is 2.83 bits per heavy atom. The largest absolute Gasteiger partial charge is 0.467 e. The first-order valence-corrected chi connectivity index (χ1v) is 7.75. The van der Waals surface area contributed by atoms with Gasteiger partial charge >= 0.3 is 0 Å². The highest BCUT2D eigenvalue weighted by Gasteiger charge is 2.34. The summed E-state index contributed by atoms with van der Waals surface area (Å²) in [5.74, 6) is 0.699. The number of aryl methyl sites for hydroxylation is 2. The molecule has 0 fully saturated rings. The first kappa shape index (κ1) is 15.5. The summed E-state index contributed by atoms with van der Waals surface area (Å²) >= 11 is 0. The third-order valence-corrected chi connectivity index (χ3v) is 4.21. The lowest BCUT2D eigenvalue weighted by Crippen LogP contribution is -2.33. The third kappa shape index (κ3) is 3.05. The number of carbonyl (C=O) groups excluding carboxylic acids is 1. The van der Waals surface area contributed by atoms with Crippen LogP contribution in [-0.4, -0.2) is 30.2 Å². The molecule has 5 nitrogen and oxygen atoms in total. The number of nitrogens with zero attached hydrogens (tertiary/aromatic N) is 2. The van der Waals surface area contributed by atoms with Crippen molar-refractivity contribution >= 4 is 11.6 Å². The Labute approximate surface area is 136 Å². The van der Waals surface area contributed by atoms with Crippen LogP contribution in [0.5, 0.6) is 0 Å². The van der Waals surface area contributed by atoms with E-state index in [2.05, 4.69) is 42.5 Å². The first-order valence-electron chi connectivity index (χ1n) is 7.75. The van der Waals surface area contributed by atoms with E-state index < -0.39 is 0 Å². The highest BCUT2D eigenvalue weighted by Crippen LogP contribution is 2.33. The maximum atomic E-state index is 12.4. The van der Waals surface area contributed by atoms with E-state index in [1.165, 1.54) is 11.1 Å². The van der Waals surface area contributed by atoms with E-state index in [-0.39, 0.29) is 18.5 Å². The molecule has 0 aliphatic carbocycles. The maximum Gasteiger partial charge on any atom is 0.257 e. The number of amides is 1. The number of benzene rings is 1. The van der Waals surface area contributed by atoms with Crippen molar-refractivity contribution in [3.8, 4) is 0 Å². The molecule has 2 aromatic rings. The van der Waals surface area contributed by atoms with E-state index in [9.17, 15) is 4.79 Å². The van der Waals surface area contributed by atoms with Gasteiger partial charge in [-0.05, 0) is 55.8 Å². The van der Waals surface area contributed by atoms with Gasteiger partial charge in [-0.25, -0.2) is 5.01 Å². The molecule has 1 N–H and O–H groups in total. The van der Waals surface area contributed by atoms with Crippen LogP contribution in [0.1, 0.15) is 34.9 Å². The predicted octanol–water partition coefficient (Wildman–Crippen LogP) is 2.79. The molecule has 1 unspecified atom stereocenters. The molecule has 120 valence electrons. The lowest BCUT2D eigenvalue weighted by atomic mass is 9.99. The molecule has 1 aliphatic rings. The van der Waals surface area contributed by atoms with Gasteiger partial charge in [0, 0.05) is 6.42 Å². The minimum absolute atomic E-state index is 0.0623. The van der Waals surface area contributed by atoms with Crippen molar-refractivity contribution in [2.75, 3.05) is 13.6 Å². The topological polar surface area (TPSA) is 57.8 Å². The number of furan rings is 1. The van der Waals surface area contributed by atoms with E-state index in [4.69, 9.17) is 4.42 Å². The zero-order chi connectivity index (χ0) is 16.4. The monoisotopic (exact) mass is 311 g/mol. The molecule has 23 heavy (non-hydrogen) atoms. The van der Waals surface area contributed by atoms with Crippen LogP contribution in [0.3, 0.4) is 0 Å². The molecule has 0 saturated carbocycles. The molecule has 1 aromatic heterocycles. The van der Waals surface area contributed by atoms with E-state index in [0.29, 0.717) is 6.42 Å². The van der Waals surface area contributed by atoms with Crippen molar-refractivity contribution in [1.82, 2.24) is 10.3 Å². The zero-order valence-corrected chi connectivity index (χ0v) is 13.7. The van der Waals surface area contributed by atoms with Crippen molar-refractivity contribution in [3.63, 3.8) is 0 Å². The van der Waals surface area contributed by atoms with Crippen LogP contribution >= 0.6 is 0 Å². The average Bonchev–Trinajstić information content (AvgIpc) is 3.18. The van der Waals surface area contributed by atoms with Crippen LogP contribution in [0, 0.1) is 13.8 Å². The van der Waals surface area contributed by atoms with Gasteiger partial charge in [-0.2, -0.15) is 5.10 Å². The second-order valence-electron chi connectivity index (χ2n) is 5.85. The Morgan fingerprint density at radius 1 is 1.35 bits per heavy atom. The summed E-state index contributed by atoms with van der Waals surface area (Å²) in [6, 6.07) is 9.83. The van der Waals surface area contributed by atoms with Gasteiger partial charge in [0.1, 0.15) is 11.8 Å². The minimum atomic E-state index is -0.178. The fourth-order valence-corrected chi connectivity index (χ4v) is 2.77. The van der Waals surface area contributed by atoms with E-state index in [1.807, 2.05) is 12.1 Å². The average molecular weight is 311 g/mol. The number of hydrazone groups is 1. The third-order valence-electron chi connectivity index (χ3n) is 4.21. The number of nitrogens with one attached hydrogen (secondary N) is 1. The summed E-state index contributed by atoms with van der Waals surface area (Å²) in [4.78, 5) is 12.4. The van der Waals surface area contributed by atoms with Crippen LogP contribution in [0.15, 0.2) is 46.1 Å². The molecule has 0 saturated heterocycles. The molecule has 1 amide bonds. The van der Waals surface area contributed by atoms with Gasteiger partial charge in [-0.3, -0.25) is 4.79 Å². The number of hydrogen-bond acceptors (Lipinski definition) is 4. The second-order valence-corrected chi connectivity index (χ2v) is 5.85. The number of carbonyl (C=O) groups is 1. The van der Waals surface area contributed by atoms with Gasteiger partial charge < -0.3 is 9.73 Å². The molecule has 0 radical (unpaired) electrons. The van der Waals surface area contributed by atoms with Crippen LogP contribution < -0.4 is 5.32 Å². The van der Waals surface area contributed by atoms with Crippen LogP contribution in [0.2, 0.25) is 0 Å². The second kappa shape index (κ2) is 6.38. The predicted molar refractivity (Wildman–Crippen MR) is 89.3 cm³/mol. The van der Waals surface area contributed by atoms with Crippen LogP contribution in [0.4, 0.5) is 0 Å². The number of likely N-dealkylation sites (N-methyl/N-ethyl adjacent to an activating group) is 1. The maximum absolute atomic E-state index is 12.4. The van der Waals surface area contributed by atoms with Gasteiger partial charge in [-0.1, -0.05) is 12.1 Å². The molecular formula is C18H21N3O2. The summed E-state index contributed by atoms with van der Waals surface area (Å²) in [6.45, 7) is 4.42. The molecular weight excluding hydrogens is 290 g/mol. The van der Waals surface area contributed by atoms with Gasteiger partial charge in [-0.15, -0.1) is 0 Å². The molecule has 0 bridgehead atoms. The number of rotatable bonds is 4. The molecule has 5 heteroatoms. The summed E-state index contributed by atoms with van der Waals surface area (Å²) in [7, 11) is 1.75. The van der Waals surface area contributed by atoms with E-state index >= 15 is 0 Å². The lowest BCUT2D eigenvalue weighted by Gasteiger charge is -2.19. The standard InChI is InChI=1S/C18H21N3O2/c1-12-6-7-14(9-13(12)2)15-10-16(17-5-4-8-23-17)21(20-15)18(22)11-19-3/h4-9,16,19H,10-11H2,1-3H3. The fourth-order valence-electron chi connectivity index (χ4n) is 2.77. The Balaban J connectivity index is 1.93. The van der Waals surface area contributed by atoms with Gasteiger partial charge in [0.2, 0.25) is 0 Å². The summed E-state index contributed by atoms with van der Waals surface area (Å²) in [5.41, 5.74) is 4.45. The lowest BCUT2D eigenvalue weighted by molar-refractivity contribution is -0.132. The van der Waals surface area contributed by atoms with Crippen molar-refractivity contribution in [3.05, 3.63) is 59.0 Å². The van der Waals surface area contributed by atoms with Crippen LogP contribution in [0.25, 0.3) is 0 Å². The summed E-state index contributed by atoms with van der Waals surface area (Å²) < 4.78 is 5.52. The molecule has 2 heterocycles. The fraction of sp³-hybridized carbons (Fsp3) is 0.333. The molecule has 1 atom stereocenters. The summed E-state index contributed by atoms with van der Waals surface area (Å²) in [5, 5.41) is 9.02. The van der Waals surface area contributed by atoms with Gasteiger partial charge in [0.15, 0.2) is 0 Å². The highest BCUT2D eigenvalue weighted by molar-refractivity contribution is 6.03. The number of hydrogen-bond donors (Lipinski definition) is 1. The molecule has 1 aromatic carbocycles. The first-order chi connectivity index (χ1) is 11.1. The summed E-state index contributed by atoms with van der Waals surface area (Å²) in [6.07, 6.45) is 2.29. The van der Waals surface area contributed by atoms with Crippen molar-refractivity contribution in [2.24, 2.45) is 5.10 Å². The molecule has 0 spiro atoms. The van der Waals surface area contributed by atoms with Crippen molar-refractivity contribution in [1.29, 1.82) is 0 Å². The van der Waals surface area contributed by atoms with Gasteiger partial charge in [0.25, 0.3) is 5.91 Å². The normalized spacial score (nSPS) is 17.4. The Hall–Kier alpha value is -2.40. The Morgan fingerprint density at radius 2 is 2.17 bits per heavy atom. The minimum Gasteiger partial charge on any atom is -0.467 e. The highest BCUT2D eigenvalue weighted by atomic mass is 16.3. The van der Waals surface area contributed by atoms with Crippen LogP contribution in [-0.2, 0) is 4.79 Å². The SMILES string of the molecule is CNCC(=O)N1N=C(c2ccc(C)c(C)c2)CC1c1ccco1. The van der Waals surface area contributed by atoms with E-state index in [0.717, 1.165) is 17.0 Å². The van der Waals surface area contributed by atoms with E-state index in [1.54, 1.807) is 18.3 Å². The van der Waals surface area contributed by atoms with Crippen molar-refractivity contribution < 1.29 is 9.21 Å². The Kier molecular flexibility index (Phi) is 4.30. The zero-order valence-electron chi connectivity index (χ0n) is 13.7.